The summed E-state index contributed by atoms with van der Waals surface area (Å²) in [5, 5.41) is 23.5. The molecular weight excluding hydrogens is 324 g/mol. The normalized spacial score (nSPS) is 15.8. The molecule has 2 unspecified atom stereocenters. The van der Waals surface area contributed by atoms with E-state index in [-0.39, 0.29) is 25.0 Å². The van der Waals surface area contributed by atoms with Crippen molar-refractivity contribution < 1.29 is 29.4 Å². The highest BCUT2D eigenvalue weighted by Crippen LogP contribution is 2.43. The summed E-state index contributed by atoms with van der Waals surface area (Å²) in [6.07, 6.45) is -1.14. The third-order valence-corrected chi connectivity index (χ3v) is 4.69. The first kappa shape index (κ1) is 21.2. The van der Waals surface area contributed by atoms with E-state index in [0.717, 1.165) is 0 Å². The van der Waals surface area contributed by atoms with Gasteiger partial charge in [0, 0.05) is 26.3 Å². The van der Waals surface area contributed by atoms with Crippen LogP contribution in [0.25, 0.3) is 0 Å². The molecule has 0 bridgehead atoms. The summed E-state index contributed by atoms with van der Waals surface area (Å²) in [6.45, 7) is 1.59. The first-order valence-corrected chi connectivity index (χ1v) is 7.75. The Labute approximate surface area is 140 Å². The van der Waals surface area contributed by atoms with Crippen molar-refractivity contribution in [1.82, 2.24) is 10.6 Å². The molecule has 0 aliphatic rings. The lowest BCUT2D eigenvalue weighted by Gasteiger charge is -2.38. The van der Waals surface area contributed by atoms with Crippen LogP contribution in [-0.2, 0) is 19.2 Å². The highest BCUT2D eigenvalue weighted by atomic mass is 32.1. The number of amides is 2. The van der Waals surface area contributed by atoms with Crippen LogP contribution in [-0.4, -0.2) is 53.8 Å². The van der Waals surface area contributed by atoms with Gasteiger partial charge in [0.2, 0.25) is 11.8 Å². The standard InChI is InChI=1S/C14H24N2O6S/c1-4-13(12(21)22,5-9(17)15-2)7-14(8-23,6-10(18)19)11(20)16-3/h23H,4-8H2,1-3H3,(H,15,17)(H,16,20)(H,18,19)(H,21,22). The van der Waals surface area contributed by atoms with Crippen LogP contribution < -0.4 is 10.6 Å². The largest absolute Gasteiger partial charge is 0.481 e. The fraction of sp³-hybridized carbons (Fsp3) is 0.714. The van der Waals surface area contributed by atoms with E-state index in [1.807, 2.05) is 0 Å². The Kier molecular flexibility index (Phi) is 8.08. The Balaban J connectivity index is 5.93. The molecule has 0 aromatic carbocycles. The van der Waals surface area contributed by atoms with Crippen LogP contribution in [0, 0.1) is 10.8 Å². The van der Waals surface area contributed by atoms with Gasteiger partial charge in [-0.05, 0) is 12.8 Å². The molecule has 9 heteroatoms. The molecule has 0 heterocycles. The molecule has 0 radical (unpaired) electrons. The van der Waals surface area contributed by atoms with Gasteiger partial charge < -0.3 is 20.8 Å². The van der Waals surface area contributed by atoms with Crippen molar-refractivity contribution in [2.45, 2.75) is 32.6 Å². The van der Waals surface area contributed by atoms with E-state index in [0.29, 0.717) is 0 Å². The van der Waals surface area contributed by atoms with Crippen molar-refractivity contribution in [3.63, 3.8) is 0 Å². The number of carboxylic acid groups (broad SMARTS) is 2. The first-order valence-electron chi connectivity index (χ1n) is 7.12. The Hall–Kier alpha value is -1.77. The third-order valence-electron chi connectivity index (χ3n) is 4.09. The summed E-state index contributed by atoms with van der Waals surface area (Å²) in [7, 11) is 2.72. The van der Waals surface area contributed by atoms with Crippen LogP contribution >= 0.6 is 12.6 Å². The summed E-state index contributed by atoms with van der Waals surface area (Å²) < 4.78 is 0. The summed E-state index contributed by atoms with van der Waals surface area (Å²) >= 11 is 4.08. The van der Waals surface area contributed by atoms with E-state index in [1.54, 1.807) is 6.92 Å². The Morgan fingerprint density at radius 1 is 1.00 bits per heavy atom. The molecule has 0 aromatic heterocycles. The number of carbonyl (C=O) groups is 4. The monoisotopic (exact) mass is 348 g/mol. The van der Waals surface area contributed by atoms with Gasteiger partial charge in [-0.25, -0.2) is 0 Å². The van der Waals surface area contributed by atoms with Crippen molar-refractivity contribution >= 4 is 36.4 Å². The molecule has 0 fully saturated rings. The second kappa shape index (κ2) is 8.76. The minimum atomic E-state index is -1.55. The van der Waals surface area contributed by atoms with E-state index in [9.17, 15) is 24.3 Å². The van der Waals surface area contributed by atoms with Crippen LogP contribution in [0.3, 0.4) is 0 Å². The second-order valence-corrected chi connectivity index (χ2v) is 5.87. The quantitative estimate of drug-likeness (QED) is 0.356. The highest BCUT2D eigenvalue weighted by molar-refractivity contribution is 7.80. The molecule has 0 aliphatic heterocycles. The van der Waals surface area contributed by atoms with Crippen molar-refractivity contribution in [2.75, 3.05) is 19.8 Å². The van der Waals surface area contributed by atoms with Gasteiger partial charge in [0.15, 0.2) is 0 Å². The Morgan fingerprint density at radius 2 is 1.57 bits per heavy atom. The number of hydrogen-bond acceptors (Lipinski definition) is 5. The molecule has 4 N–H and O–H groups in total. The number of thiol groups is 1. The summed E-state index contributed by atoms with van der Waals surface area (Å²) in [4.78, 5) is 47.0. The lowest BCUT2D eigenvalue weighted by molar-refractivity contribution is -0.158. The van der Waals surface area contributed by atoms with Crippen molar-refractivity contribution in [3.8, 4) is 0 Å². The molecular formula is C14H24N2O6S. The van der Waals surface area contributed by atoms with Gasteiger partial charge in [-0.1, -0.05) is 6.92 Å². The lowest BCUT2D eigenvalue weighted by Crippen LogP contribution is -2.49. The minimum absolute atomic E-state index is 0.0713. The molecule has 2 amide bonds. The van der Waals surface area contributed by atoms with Gasteiger partial charge in [-0.2, -0.15) is 12.6 Å². The van der Waals surface area contributed by atoms with Crippen molar-refractivity contribution in [2.24, 2.45) is 10.8 Å². The molecule has 0 spiro atoms. The molecule has 8 nitrogen and oxygen atoms in total. The molecule has 23 heavy (non-hydrogen) atoms. The van der Waals surface area contributed by atoms with E-state index in [1.165, 1.54) is 14.1 Å². The maximum atomic E-state index is 12.3. The topological polar surface area (TPSA) is 133 Å². The number of nitrogens with one attached hydrogen (secondary N) is 2. The summed E-state index contributed by atoms with van der Waals surface area (Å²) in [5.74, 6) is -3.73. The Morgan fingerprint density at radius 3 is 1.87 bits per heavy atom. The van der Waals surface area contributed by atoms with Gasteiger partial charge >= 0.3 is 11.9 Å². The molecule has 0 aromatic rings. The smallest absolute Gasteiger partial charge is 0.310 e. The lowest BCUT2D eigenvalue weighted by atomic mass is 9.66. The zero-order valence-electron chi connectivity index (χ0n) is 13.5. The van der Waals surface area contributed by atoms with Crippen LogP contribution in [0.2, 0.25) is 0 Å². The van der Waals surface area contributed by atoms with Crippen molar-refractivity contribution in [1.29, 1.82) is 0 Å². The average molecular weight is 348 g/mol. The first-order chi connectivity index (χ1) is 10.6. The van der Waals surface area contributed by atoms with Gasteiger partial charge in [0.25, 0.3) is 0 Å². The third kappa shape index (κ3) is 5.12. The fourth-order valence-electron chi connectivity index (χ4n) is 2.62. The maximum Gasteiger partial charge on any atom is 0.310 e. The summed E-state index contributed by atoms with van der Waals surface area (Å²) in [6, 6.07) is 0. The summed E-state index contributed by atoms with van der Waals surface area (Å²) in [5.41, 5.74) is -3.07. The van der Waals surface area contributed by atoms with Gasteiger partial charge in [0.05, 0.1) is 17.3 Å². The number of carbonyl (C=O) groups excluding carboxylic acids is 2. The van der Waals surface area contributed by atoms with E-state index in [2.05, 4.69) is 23.3 Å². The predicted octanol–water partition coefficient (Wildman–Crippen LogP) is 0.131. The minimum Gasteiger partial charge on any atom is -0.481 e. The zero-order chi connectivity index (χ0) is 18.3. The van der Waals surface area contributed by atoms with Crippen LogP contribution in [0.5, 0.6) is 0 Å². The Bertz CT molecular complexity index is 484. The van der Waals surface area contributed by atoms with Gasteiger partial charge in [-0.15, -0.1) is 0 Å². The van der Waals surface area contributed by atoms with Crippen LogP contribution in [0.1, 0.15) is 32.6 Å². The number of rotatable bonds is 10. The highest BCUT2D eigenvalue weighted by Gasteiger charge is 2.50. The second-order valence-electron chi connectivity index (χ2n) is 5.55. The average Bonchev–Trinajstić information content (AvgIpc) is 2.51. The number of hydrogen-bond donors (Lipinski definition) is 5. The van der Waals surface area contributed by atoms with Crippen molar-refractivity contribution in [3.05, 3.63) is 0 Å². The molecule has 132 valence electrons. The van der Waals surface area contributed by atoms with Gasteiger partial charge in [0.1, 0.15) is 0 Å². The fourth-order valence-corrected chi connectivity index (χ4v) is 2.99. The number of carboxylic acids is 2. The van der Waals surface area contributed by atoms with Crippen LogP contribution in [0.4, 0.5) is 0 Å². The number of aliphatic carboxylic acids is 2. The molecule has 0 aliphatic carbocycles. The molecule has 2 atom stereocenters. The SMILES string of the molecule is CCC(CC(=O)NC)(CC(CS)(CC(=O)O)C(=O)NC)C(=O)O. The molecule has 0 rings (SSSR count). The molecule has 0 saturated heterocycles. The van der Waals surface area contributed by atoms with Gasteiger partial charge in [-0.3, -0.25) is 19.2 Å². The zero-order valence-corrected chi connectivity index (χ0v) is 14.4. The molecule has 0 saturated carbocycles. The predicted molar refractivity (Wildman–Crippen MR) is 86.3 cm³/mol. The van der Waals surface area contributed by atoms with Crippen LogP contribution in [0.15, 0.2) is 0 Å². The van der Waals surface area contributed by atoms with E-state index in [4.69, 9.17) is 5.11 Å². The van der Waals surface area contributed by atoms with E-state index < -0.39 is 41.0 Å². The van der Waals surface area contributed by atoms with E-state index >= 15 is 0 Å². The maximum absolute atomic E-state index is 12.3.